The van der Waals surface area contributed by atoms with Gasteiger partial charge in [-0.25, -0.2) is 0 Å². The summed E-state index contributed by atoms with van der Waals surface area (Å²) < 4.78 is 0. The largest absolute Gasteiger partial charge is 0.385 e. The zero-order valence-corrected chi connectivity index (χ0v) is 14.6. The predicted octanol–water partition coefficient (Wildman–Crippen LogP) is 4.97. The zero-order valence-electron chi connectivity index (χ0n) is 13.8. The number of aryl methyl sites for hydroxylation is 2. The van der Waals surface area contributed by atoms with E-state index in [1.54, 1.807) is 0 Å². The van der Waals surface area contributed by atoms with Crippen molar-refractivity contribution in [2.75, 3.05) is 29.9 Å². The van der Waals surface area contributed by atoms with Gasteiger partial charge in [0.2, 0.25) is 0 Å². The Hall–Kier alpha value is -1.61. The molecule has 0 saturated heterocycles. The number of fused-ring (bicyclic) bond motifs is 2. The van der Waals surface area contributed by atoms with E-state index in [1.165, 1.54) is 64.5 Å². The van der Waals surface area contributed by atoms with Gasteiger partial charge in [0, 0.05) is 40.8 Å². The fraction of sp³-hybridized carbons (Fsp3) is 0.400. The summed E-state index contributed by atoms with van der Waals surface area (Å²) in [5.41, 5.74) is 5.75. The second kappa shape index (κ2) is 6.48. The predicted molar refractivity (Wildman–Crippen MR) is 100 cm³/mol. The first-order valence-corrected chi connectivity index (χ1v) is 9.57. The van der Waals surface area contributed by atoms with Crippen molar-refractivity contribution in [3.05, 3.63) is 47.5 Å². The van der Waals surface area contributed by atoms with E-state index in [2.05, 4.69) is 53.5 Å². The van der Waals surface area contributed by atoms with Crippen molar-refractivity contribution in [1.82, 2.24) is 0 Å². The van der Waals surface area contributed by atoms with Gasteiger partial charge in [0.25, 0.3) is 0 Å². The fourth-order valence-corrected chi connectivity index (χ4v) is 4.64. The molecule has 0 radical (unpaired) electrons. The molecule has 0 fully saturated rings. The van der Waals surface area contributed by atoms with Gasteiger partial charge in [-0.05, 0) is 80.1 Å². The Balaban J connectivity index is 1.57. The summed E-state index contributed by atoms with van der Waals surface area (Å²) in [6.45, 7) is 5.67. The van der Waals surface area contributed by atoms with Gasteiger partial charge in [-0.1, -0.05) is 11.8 Å². The lowest BCUT2D eigenvalue weighted by atomic mass is 10.0. The van der Waals surface area contributed by atoms with E-state index >= 15 is 0 Å². The highest BCUT2D eigenvalue weighted by Gasteiger charge is 2.16. The van der Waals surface area contributed by atoms with E-state index in [0.29, 0.717) is 0 Å². The molecule has 2 heterocycles. The Morgan fingerprint density at radius 3 is 2.65 bits per heavy atom. The Kier molecular flexibility index (Phi) is 4.21. The molecule has 0 amide bonds. The topological polar surface area (TPSA) is 15.3 Å². The van der Waals surface area contributed by atoms with Crippen LogP contribution in [-0.2, 0) is 12.8 Å². The third kappa shape index (κ3) is 3.07. The Morgan fingerprint density at radius 1 is 1.00 bits per heavy atom. The number of anilines is 2. The average Bonchev–Trinajstić information content (AvgIpc) is 2.61. The standard InChI is InChI=1S/C20H24N2S/c1-2-22-12-4-6-16-14-18(8-10-20(16)22)23-17-7-9-19-15(13-17)5-3-11-21-19/h7-10,13-14,21H,2-6,11-12H2,1H3. The molecule has 2 aromatic carbocycles. The summed E-state index contributed by atoms with van der Waals surface area (Å²) in [6, 6.07) is 13.9. The van der Waals surface area contributed by atoms with Crippen molar-refractivity contribution < 1.29 is 0 Å². The molecule has 4 rings (SSSR count). The molecule has 0 spiro atoms. The molecule has 0 aliphatic carbocycles. The molecule has 0 atom stereocenters. The van der Waals surface area contributed by atoms with E-state index in [9.17, 15) is 0 Å². The minimum atomic E-state index is 1.11. The first kappa shape index (κ1) is 14.9. The minimum absolute atomic E-state index is 1.11. The van der Waals surface area contributed by atoms with Crippen LogP contribution >= 0.6 is 11.8 Å². The van der Waals surface area contributed by atoms with Crippen LogP contribution in [0, 0.1) is 0 Å². The van der Waals surface area contributed by atoms with Gasteiger partial charge in [-0.3, -0.25) is 0 Å². The van der Waals surface area contributed by atoms with Gasteiger partial charge in [0.1, 0.15) is 0 Å². The highest BCUT2D eigenvalue weighted by atomic mass is 32.2. The number of benzene rings is 2. The fourth-order valence-electron chi connectivity index (χ4n) is 3.69. The van der Waals surface area contributed by atoms with Crippen LogP contribution in [0.4, 0.5) is 11.4 Å². The van der Waals surface area contributed by atoms with Crippen molar-refractivity contribution >= 4 is 23.1 Å². The molecule has 3 heteroatoms. The van der Waals surface area contributed by atoms with E-state index in [1.807, 2.05) is 11.8 Å². The molecule has 120 valence electrons. The lowest BCUT2D eigenvalue weighted by Crippen LogP contribution is -2.28. The number of nitrogens with zero attached hydrogens (tertiary/aromatic N) is 1. The van der Waals surface area contributed by atoms with Crippen LogP contribution < -0.4 is 10.2 Å². The highest BCUT2D eigenvalue weighted by Crippen LogP contribution is 2.36. The van der Waals surface area contributed by atoms with Crippen LogP contribution in [0.5, 0.6) is 0 Å². The van der Waals surface area contributed by atoms with Crippen LogP contribution in [0.1, 0.15) is 30.9 Å². The zero-order chi connectivity index (χ0) is 15.6. The van der Waals surface area contributed by atoms with Crippen molar-refractivity contribution in [3.63, 3.8) is 0 Å². The van der Waals surface area contributed by atoms with Crippen LogP contribution in [0.2, 0.25) is 0 Å². The Morgan fingerprint density at radius 2 is 1.78 bits per heavy atom. The SMILES string of the molecule is CCN1CCCc2cc(Sc3ccc4c(c3)CCCN4)ccc21. The van der Waals surface area contributed by atoms with Crippen LogP contribution in [0.15, 0.2) is 46.2 Å². The smallest absolute Gasteiger partial charge is 0.0399 e. The molecule has 0 bridgehead atoms. The summed E-state index contributed by atoms with van der Waals surface area (Å²) >= 11 is 1.90. The van der Waals surface area contributed by atoms with E-state index in [4.69, 9.17) is 0 Å². The van der Waals surface area contributed by atoms with E-state index in [0.717, 1.165) is 13.1 Å². The first-order chi connectivity index (χ1) is 11.3. The molecule has 2 nitrogen and oxygen atoms in total. The maximum atomic E-state index is 3.49. The molecule has 1 N–H and O–H groups in total. The number of hydrogen-bond acceptors (Lipinski definition) is 3. The molecule has 0 aromatic heterocycles. The molecule has 23 heavy (non-hydrogen) atoms. The van der Waals surface area contributed by atoms with Gasteiger partial charge in [0.05, 0.1) is 0 Å². The molecule has 2 aliphatic rings. The molecule has 2 aliphatic heterocycles. The van der Waals surface area contributed by atoms with Crippen LogP contribution in [0.3, 0.4) is 0 Å². The molecule has 0 unspecified atom stereocenters. The van der Waals surface area contributed by atoms with E-state index in [-0.39, 0.29) is 0 Å². The van der Waals surface area contributed by atoms with Gasteiger partial charge in [-0.15, -0.1) is 0 Å². The molecular weight excluding hydrogens is 300 g/mol. The van der Waals surface area contributed by atoms with Crippen molar-refractivity contribution in [3.8, 4) is 0 Å². The van der Waals surface area contributed by atoms with Crippen molar-refractivity contribution in [2.24, 2.45) is 0 Å². The second-order valence-electron chi connectivity index (χ2n) is 6.43. The summed E-state index contributed by atoms with van der Waals surface area (Å²) in [4.78, 5) is 5.22. The molecular formula is C20H24N2S. The third-order valence-electron chi connectivity index (χ3n) is 4.90. The van der Waals surface area contributed by atoms with Gasteiger partial charge in [0.15, 0.2) is 0 Å². The normalized spacial score (nSPS) is 16.5. The van der Waals surface area contributed by atoms with Crippen LogP contribution in [-0.4, -0.2) is 19.6 Å². The Bertz CT molecular complexity index is 711. The van der Waals surface area contributed by atoms with Crippen molar-refractivity contribution in [1.29, 1.82) is 0 Å². The maximum Gasteiger partial charge on any atom is 0.0399 e. The lowest BCUT2D eigenvalue weighted by molar-refractivity contribution is 0.706. The summed E-state index contributed by atoms with van der Waals surface area (Å²) in [5.74, 6) is 0. The van der Waals surface area contributed by atoms with Gasteiger partial charge < -0.3 is 10.2 Å². The number of nitrogens with one attached hydrogen (secondary N) is 1. The van der Waals surface area contributed by atoms with Crippen molar-refractivity contribution in [2.45, 2.75) is 42.4 Å². The minimum Gasteiger partial charge on any atom is -0.385 e. The summed E-state index contributed by atoms with van der Waals surface area (Å²) in [7, 11) is 0. The molecule has 2 aromatic rings. The van der Waals surface area contributed by atoms with E-state index < -0.39 is 0 Å². The third-order valence-corrected chi connectivity index (χ3v) is 5.88. The summed E-state index contributed by atoms with van der Waals surface area (Å²) in [5, 5.41) is 3.49. The monoisotopic (exact) mass is 324 g/mol. The lowest BCUT2D eigenvalue weighted by Gasteiger charge is -2.30. The first-order valence-electron chi connectivity index (χ1n) is 8.76. The average molecular weight is 324 g/mol. The summed E-state index contributed by atoms with van der Waals surface area (Å²) in [6.07, 6.45) is 4.94. The quantitative estimate of drug-likeness (QED) is 0.858. The number of hydrogen-bond donors (Lipinski definition) is 1. The Labute approximate surface area is 143 Å². The highest BCUT2D eigenvalue weighted by molar-refractivity contribution is 7.99. The number of rotatable bonds is 3. The maximum absolute atomic E-state index is 3.49. The van der Waals surface area contributed by atoms with Gasteiger partial charge in [-0.2, -0.15) is 0 Å². The molecule has 0 saturated carbocycles. The van der Waals surface area contributed by atoms with Gasteiger partial charge >= 0.3 is 0 Å². The van der Waals surface area contributed by atoms with Crippen LogP contribution in [0.25, 0.3) is 0 Å². The second-order valence-corrected chi connectivity index (χ2v) is 7.57.